The van der Waals surface area contributed by atoms with Crippen LogP contribution in [0.2, 0.25) is 0 Å². The van der Waals surface area contributed by atoms with E-state index < -0.39 is 0 Å². The minimum Gasteiger partial charge on any atom is -0.338 e. The van der Waals surface area contributed by atoms with Crippen molar-refractivity contribution in [1.29, 1.82) is 0 Å². The van der Waals surface area contributed by atoms with Crippen molar-refractivity contribution in [3.8, 4) is 0 Å². The third-order valence-corrected chi connectivity index (χ3v) is 3.34. The zero-order valence-electron chi connectivity index (χ0n) is 8.69. The Morgan fingerprint density at radius 1 is 1.53 bits per heavy atom. The number of amides is 2. The molecule has 0 saturated carbocycles. The summed E-state index contributed by atoms with van der Waals surface area (Å²) in [5.41, 5.74) is 1.03. The highest BCUT2D eigenvalue weighted by Crippen LogP contribution is 2.34. The maximum atomic E-state index is 11.8. The topological polar surface area (TPSA) is 32.3 Å². The van der Waals surface area contributed by atoms with Crippen molar-refractivity contribution in [2.75, 3.05) is 23.7 Å². The van der Waals surface area contributed by atoms with E-state index in [-0.39, 0.29) is 6.03 Å². The van der Waals surface area contributed by atoms with Crippen molar-refractivity contribution >= 4 is 23.5 Å². The Morgan fingerprint density at radius 2 is 2.33 bits per heavy atom. The number of carbonyl (C=O) groups is 1. The zero-order valence-corrected chi connectivity index (χ0v) is 9.51. The van der Waals surface area contributed by atoms with E-state index in [2.05, 4.69) is 11.4 Å². The molecule has 1 heterocycles. The number of carbonyl (C=O) groups excluding carboxylic acids is 1. The Morgan fingerprint density at radius 3 is 3.13 bits per heavy atom. The second kappa shape index (κ2) is 4.57. The molecule has 0 atom stereocenters. The highest BCUT2D eigenvalue weighted by atomic mass is 32.2. The quantitative estimate of drug-likeness (QED) is 0.791. The van der Waals surface area contributed by atoms with Gasteiger partial charge in [-0.1, -0.05) is 12.1 Å². The molecule has 4 heteroatoms. The van der Waals surface area contributed by atoms with Crippen molar-refractivity contribution in [3.05, 3.63) is 24.3 Å². The van der Waals surface area contributed by atoms with Gasteiger partial charge in [0.15, 0.2) is 0 Å². The summed E-state index contributed by atoms with van der Waals surface area (Å²) in [4.78, 5) is 14.8. The Balaban J connectivity index is 2.25. The summed E-state index contributed by atoms with van der Waals surface area (Å²) in [6, 6.07) is 8.04. The number of fused-ring (bicyclic) bond motifs is 1. The van der Waals surface area contributed by atoms with Gasteiger partial charge in [0, 0.05) is 23.7 Å². The number of benzene rings is 1. The van der Waals surface area contributed by atoms with Gasteiger partial charge in [0.05, 0.1) is 5.69 Å². The normalized spacial score (nSPS) is 14.6. The second-order valence-electron chi connectivity index (χ2n) is 3.30. The number of urea groups is 1. The summed E-state index contributed by atoms with van der Waals surface area (Å²) in [5.74, 6) is 0.966. The second-order valence-corrected chi connectivity index (χ2v) is 4.44. The van der Waals surface area contributed by atoms with E-state index >= 15 is 0 Å². The smallest absolute Gasteiger partial charge is 0.321 e. The third-order valence-electron chi connectivity index (χ3n) is 2.30. The first-order chi connectivity index (χ1) is 7.33. The average molecular weight is 222 g/mol. The number of hydrogen-bond donors (Lipinski definition) is 1. The van der Waals surface area contributed by atoms with Crippen LogP contribution in [0.15, 0.2) is 29.2 Å². The summed E-state index contributed by atoms with van der Waals surface area (Å²) in [7, 11) is 0. The minimum atomic E-state index is 0.00486. The summed E-state index contributed by atoms with van der Waals surface area (Å²) < 4.78 is 0. The van der Waals surface area contributed by atoms with Crippen LogP contribution in [-0.2, 0) is 0 Å². The molecule has 2 amide bonds. The van der Waals surface area contributed by atoms with Crippen molar-refractivity contribution in [1.82, 2.24) is 5.32 Å². The molecule has 1 aliphatic rings. The molecule has 0 aromatic heterocycles. The summed E-state index contributed by atoms with van der Waals surface area (Å²) >= 11 is 1.81. The molecule has 0 aliphatic carbocycles. The van der Waals surface area contributed by atoms with Gasteiger partial charge in [0.2, 0.25) is 0 Å². The fraction of sp³-hybridized carbons (Fsp3) is 0.364. The van der Waals surface area contributed by atoms with Crippen molar-refractivity contribution < 1.29 is 4.79 Å². The molecular formula is C11H14N2OS. The highest BCUT2D eigenvalue weighted by Gasteiger charge is 2.21. The van der Waals surface area contributed by atoms with E-state index in [1.807, 2.05) is 30.0 Å². The van der Waals surface area contributed by atoms with Crippen LogP contribution in [0.25, 0.3) is 0 Å². The maximum absolute atomic E-state index is 11.8. The van der Waals surface area contributed by atoms with Gasteiger partial charge >= 0.3 is 6.03 Å². The lowest BCUT2D eigenvalue weighted by Gasteiger charge is -2.28. The average Bonchev–Trinajstić information content (AvgIpc) is 2.28. The summed E-state index contributed by atoms with van der Waals surface area (Å²) in [5, 5.41) is 2.83. The van der Waals surface area contributed by atoms with Crippen LogP contribution in [0, 0.1) is 0 Å². The van der Waals surface area contributed by atoms with Crippen LogP contribution in [0.1, 0.15) is 6.92 Å². The van der Waals surface area contributed by atoms with Crippen molar-refractivity contribution in [2.24, 2.45) is 0 Å². The van der Waals surface area contributed by atoms with Crippen LogP contribution in [-0.4, -0.2) is 24.9 Å². The monoisotopic (exact) mass is 222 g/mol. The molecule has 1 aromatic carbocycles. The molecule has 1 aliphatic heterocycles. The van der Waals surface area contributed by atoms with E-state index in [0.717, 1.165) is 18.0 Å². The predicted molar refractivity (Wildman–Crippen MR) is 63.6 cm³/mol. The molecule has 80 valence electrons. The number of anilines is 1. The number of thioether (sulfide) groups is 1. The van der Waals surface area contributed by atoms with Gasteiger partial charge in [0.25, 0.3) is 0 Å². The van der Waals surface area contributed by atoms with Gasteiger partial charge in [-0.05, 0) is 19.1 Å². The SMILES string of the molecule is CCNC(=O)N1CCSc2ccccc21. The summed E-state index contributed by atoms with van der Waals surface area (Å²) in [6.07, 6.45) is 0. The molecule has 0 radical (unpaired) electrons. The highest BCUT2D eigenvalue weighted by molar-refractivity contribution is 7.99. The van der Waals surface area contributed by atoms with Gasteiger partial charge in [-0.3, -0.25) is 4.90 Å². The Bertz CT molecular complexity index is 367. The lowest BCUT2D eigenvalue weighted by molar-refractivity contribution is 0.247. The number of hydrogen-bond acceptors (Lipinski definition) is 2. The molecular weight excluding hydrogens is 208 g/mol. The van der Waals surface area contributed by atoms with Crippen LogP contribution < -0.4 is 10.2 Å². The van der Waals surface area contributed by atoms with E-state index in [9.17, 15) is 4.79 Å². The maximum Gasteiger partial charge on any atom is 0.321 e. The molecule has 2 rings (SSSR count). The molecule has 0 saturated heterocycles. The van der Waals surface area contributed by atoms with Crippen LogP contribution in [0.4, 0.5) is 10.5 Å². The fourth-order valence-corrected chi connectivity index (χ4v) is 2.62. The number of para-hydroxylation sites is 1. The first-order valence-electron chi connectivity index (χ1n) is 5.10. The molecule has 0 unspecified atom stereocenters. The molecule has 0 spiro atoms. The Kier molecular flexibility index (Phi) is 3.16. The van der Waals surface area contributed by atoms with Crippen LogP contribution in [0.3, 0.4) is 0 Å². The first-order valence-corrected chi connectivity index (χ1v) is 6.08. The first kappa shape index (κ1) is 10.4. The van der Waals surface area contributed by atoms with Gasteiger partial charge in [-0.15, -0.1) is 11.8 Å². The Hall–Kier alpha value is -1.16. The largest absolute Gasteiger partial charge is 0.338 e. The molecule has 0 bridgehead atoms. The molecule has 15 heavy (non-hydrogen) atoms. The third kappa shape index (κ3) is 2.09. The van der Waals surface area contributed by atoms with E-state index in [0.29, 0.717) is 6.54 Å². The van der Waals surface area contributed by atoms with Crippen LogP contribution in [0.5, 0.6) is 0 Å². The zero-order chi connectivity index (χ0) is 10.7. The number of rotatable bonds is 1. The van der Waals surface area contributed by atoms with Crippen LogP contribution >= 0.6 is 11.8 Å². The molecule has 0 fully saturated rings. The van der Waals surface area contributed by atoms with Gasteiger partial charge in [-0.2, -0.15) is 0 Å². The summed E-state index contributed by atoms with van der Waals surface area (Å²) in [6.45, 7) is 3.39. The number of nitrogens with zero attached hydrogens (tertiary/aromatic N) is 1. The fourth-order valence-electron chi connectivity index (χ4n) is 1.63. The standard InChI is InChI=1S/C11H14N2OS/c1-2-12-11(14)13-7-8-15-10-6-4-3-5-9(10)13/h3-6H,2,7-8H2,1H3,(H,12,14). The molecule has 1 N–H and O–H groups in total. The number of nitrogens with one attached hydrogen (secondary N) is 1. The predicted octanol–water partition coefficient (Wildman–Crippen LogP) is 2.33. The van der Waals surface area contributed by atoms with E-state index in [1.54, 1.807) is 11.8 Å². The molecule has 1 aromatic rings. The minimum absolute atomic E-state index is 0.00486. The lowest BCUT2D eigenvalue weighted by Crippen LogP contribution is -2.42. The van der Waals surface area contributed by atoms with Gasteiger partial charge in [-0.25, -0.2) is 4.79 Å². The molecule has 3 nitrogen and oxygen atoms in total. The van der Waals surface area contributed by atoms with Crippen molar-refractivity contribution in [3.63, 3.8) is 0 Å². The van der Waals surface area contributed by atoms with Gasteiger partial charge < -0.3 is 5.32 Å². The van der Waals surface area contributed by atoms with Gasteiger partial charge in [0.1, 0.15) is 0 Å². The Labute approximate surface area is 93.8 Å². The lowest BCUT2D eigenvalue weighted by atomic mass is 10.3. The van der Waals surface area contributed by atoms with E-state index in [1.165, 1.54) is 4.90 Å². The van der Waals surface area contributed by atoms with E-state index in [4.69, 9.17) is 0 Å². The van der Waals surface area contributed by atoms with Crippen molar-refractivity contribution in [2.45, 2.75) is 11.8 Å².